The minimum Gasteiger partial charge on any atom is -0.383 e. The van der Waals surface area contributed by atoms with Crippen LogP contribution in [0.5, 0.6) is 0 Å². The molecule has 2 aliphatic heterocycles. The van der Waals surface area contributed by atoms with E-state index in [0.717, 1.165) is 29.1 Å². The lowest BCUT2D eigenvalue weighted by Gasteiger charge is -2.32. The molecule has 7 nitrogen and oxygen atoms in total. The fourth-order valence-electron chi connectivity index (χ4n) is 3.76. The Morgan fingerprint density at radius 1 is 1.40 bits per heavy atom. The molecular weight excluding hydrogens is 340 g/mol. The Labute approximate surface area is 150 Å². The molecule has 1 spiro atoms. The zero-order valence-corrected chi connectivity index (χ0v) is 15.1. The molecule has 1 amide bonds. The maximum absolute atomic E-state index is 12.5. The van der Waals surface area contributed by atoms with E-state index >= 15 is 0 Å². The monoisotopic (exact) mass is 362 g/mol. The predicted molar refractivity (Wildman–Crippen MR) is 96.0 cm³/mol. The van der Waals surface area contributed by atoms with E-state index in [2.05, 4.69) is 14.9 Å². The summed E-state index contributed by atoms with van der Waals surface area (Å²) in [5.41, 5.74) is 0.786. The number of hydrogen-bond acceptors (Lipinski definition) is 7. The van der Waals surface area contributed by atoms with Gasteiger partial charge in [-0.05, 0) is 11.4 Å². The first-order valence-corrected chi connectivity index (χ1v) is 9.36. The van der Waals surface area contributed by atoms with Crippen LogP contribution < -0.4 is 4.90 Å². The van der Waals surface area contributed by atoms with Crippen molar-refractivity contribution < 1.29 is 14.3 Å². The summed E-state index contributed by atoms with van der Waals surface area (Å²) in [7, 11) is 1.66. The Morgan fingerprint density at radius 2 is 2.32 bits per heavy atom. The first-order valence-electron chi connectivity index (χ1n) is 8.48. The highest BCUT2D eigenvalue weighted by Gasteiger charge is 2.45. The van der Waals surface area contributed by atoms with Crippen LogP contribution >= 0.6 is 11.3 Å². The van der Waals surface area contributed by atoms with Gasteiger partial charge in [0.25, 0.3) is 0 Å². The number of carbonyl (C=O) groups is 1. The van der Waals surface area contributed by atoms with Crippen LogP contribution in [-0.2, 0) is 14.3 Å². The van der Waals surface area contributed by atoms with Crippen molar-refractivity contribution in [2.75, 3.05) is 58.0 Å². The first-order chi connectivity index (χ1) is 12.2. The molecule has 0 aromatic carbocycles. The second kappa shape index (κ2) is 6.86. The molecule has 4 heterocycles. The van der Waals surface area contributed by atoms with Gasteiger partial charge in [0.2, 0.25) is 5.91 Å². The summed E-state index contributed by atoms with van der Waals surface area (Å²) in [4.78, 5) is 25.5. The number of rotatable bonds is 4. The highest BCUT2D eigenvalue weighted by Crippen LogP contribution is 2.37. The van der Waals surface area contributed by atoms with E-state index in [4.69, 9.17) is 9.47 Å². The predicted octanol–water partition coefficient (Wildman–Crippen LogP) is 1.39. The van der Waals surface area contributed by atoms with E-state index in [9.17, 15) is 4.79 Å². The number of fused-ring (bicyclic) bond motifs is 1. The van der Waals surface area contributed by atoms with Crippen molar-refractivity contribution in [3.8, 4) is 0 Å². The second-order valence-corrected chi connectivity index (χ2v) is 7.71. The molecule has 8 heteroatoms. The molecule has 2 saturated heterocycles. The Kier molecular flexibility index (Phi) is 4.58. The van der Waals surface area contributed by atoms with Crippen LogP contribution in [-0.4, -0.2) is 73.9 Å². The second-order valence-electron chi connectivity index (χ2n) is 6.79. The van der Waals surface area contributed by atoms with Crippen molar-refractivity contribution in [3.63, 3.8) is 0 Å². The number of anilines is 1. The first kappa shape index (κ1) is 16.7. The molecule has 0 saturated carbocycles. The molecule has 4 rings (SSSR count). The highest BCUT2D eigenvalue weighted by atomic mass is 32.1. The summed E-state index contributed by atoms with van der Waals surface area (Å²) in [6, 6.07) is 2.01. The van der Waals surface area contributed by atoms with Gasteiger partial charge < -0.3 is 19.3 Å². The lowest BCUT2D eigenvalue weighted by Crippen LogP contribution is -2.41. The van der Waals surface area contributed by atoms with E-state index in [1.54, 1.807) is 24.8 Å². The molecular formula is C17H22N4O3S. The van der Waals surface area contributed by atoms with Crippen LogP contribution in [0.4, 0.5) is 5.82 Å². The summed E-state index contributed by atoms with van der Waals surface area (Å²) in [6.45, 7) is 4.71. The fraction of sp³-hybridized carbons (Fsp3) is 0.588. The molecule has 2 aromatic heterocycles. The third kappa shape index (κ3) is 3.21. The average molecular weight is 362 g/mol. The number of methoxy groups -OCH3 is 1. The van der Waals surface area contributed by atoms with Crippen LogP contribution in [0, 0.1) is 5.41 Å². The number of carbonyl (C=O) groups excluding carboxylic acids is 1. The number of amides is 1. The van der Waals surface area contributed by atoms with E-state index in [-0.39, 0.29) is 11.3 Å². The molecule has 1 atom stereocenters. The van der Waals surface area contributed by atoms with Crippen molar-refractivity contribution in [1.82, 2.24) is 14.9 Å². The number of thiophene rings is 1. The van der Waals surface area contributed by atoms with E-state index in [0.29, 0.717) is 39.3 Å². The maximum atomic E-state index is 12.5. The van der Waals surface area contributed by atoms with Crippen molar-refractivity contribution in [2.24, 2.45) is 5.41 Å². The Hall–Kier alpha value is -1.77. The van der Waals surface area contributed by atoms with Gasteiger partial charge in [0, 0.05) is 45.1 Å². The van der Waals surface area contributed by atoms with Gasteiger partial charge >= 0.3 is 0 Å². The summed E-state index contributed by atoms with van der Waals surface area (Å²) in [6.07, 6.45) is 2.14. The number of nitrogens with zero attached hydrogens (tertiary/aromatic N) is 4. The van der Waals surface area contributed by atoms with Crippen LogP contribution in [0.1, 0.15) is 6.42 Å². The van der Waals surface area contributed by atoms with E-state index < -0.39 is 0 Å². The third-order valence-electron chi connectivity index (χ3n) is 4.93. The normalized spacial score (nSPS) is 24.4. The summed E-state index contributed by atoms with van der Waals surface area (Å²) < 4.78 is 12.1. The Balaban J connectivity index is 1.59. The molecule has 0 radical (unpaired) electrons. The maximum Gasteiger partial charge on any atom is 0.223 e. The molecule has 0 aliphatic carbocycles. The molecule has 2 aliphatic rings. The molecule has 0 N–H and O–H groups in total. The molecule has 2 aromatic rings. The van der Waals surface area contributed by atoms with Gasteiger partial charge in [-0.3, -0.25) is 4.79 Å². The standard InChI is InChI=1S/C17H22N4O3S/c1-23-5-3-20-9-17(8-14(20)22)10-21(4-6-24-11-17)16-15-13(2-7-25-15)18-12-19-16/h2,7,12H,3-6,8-11H2,1H3/t17-/m0/s1. The molecule has 25 heavy (non-hydrogen) atoms. The molecule has 0 unspecified atom stereocenters. The zero-order chi connectivity index (χ0) is 17.3. The quantitative estimate of drug-likeness (QED) is 0.819. The number of likely N-dealkylation sites (tertiary alicyclic amines) is 1. The van der Waals surface area contributed by atoms with Crippen LogP contribution in [0.2, 0.25) is 0 Å². The summed E-state index contributed by atoms with van der Waals surface area (Å²) in [5.74, 6) is 1.14. The van der Waals surface area contributed by atoms with Gasteiger partial charge in [-0.25, -0.2) is 9.97 Å². The molecule has 0 bridgehead atoms. The number of ether oxygens (including phenoxy) is 2. The minimum atomic E-state index is -0.185. The number of aromatic nitrogens is 2. The molecule has 2 fully saturated rings. The van der Waals surface area contributed by atoms with Crippen molar-refractivity contribution in [3.05, 3.63) is 17.8 Å². The van der Waals surface area contributed by atoms with Crippen LogP contribution in [0.3, 0.4) is 0 Å². The SMILES string of the molecule is COCCN1C[C@@]2(COCCN(c3ncnc4ccsc34)C2)CC1=O. The van der Waals surface area contributed by atoms with Crippen molar-refractivity contribution in [1.29, 1.82) is 0 Å². The minimum absolute atomic E-state index is 0.185. The largest absolute Gasteiger partial charge is 0.383 e. The highest BCUT2D eigenvalue weighted by molar-refractivity contribution is 7.17. The fourth-order valence-corrected chi connectivity index (χ4v) is 4.63. The van der Waals surface area contributed by atoms with Crippen molar-refractivity contribution >= 4 is 33.3 Å². The van der Waals surface area contributed by atoms with Crippen molar-refractivity contribution in [2.45, 2.75) is 6.42 Å². The van der Waals surface area contributed by atoms with Gasteiger partial charge in [0.1, 0.15) is 12.1 Å². The Bertz CT molecular complexity index is 767. The van der Waals surface area contributed by atoms with Gasteiger partial charge in [0.15, 0.2) is 0 Å². The van der Waals surface area contributed by atoms with E-state index in [1.807, 2.05) is 16.3 Å². The number of hydrogen-bond donors (Lipinski definition) is 0. The third-order valence-corrected chi connectivity index (χ3v) is 5.83. The zero-order valence-electron chi connectivity index (χ0n) is 14.3. The molecule has 134 valence electrons. The summed E-state index contributed by atoms with van der Waals surface area (Å²) in [5, 5.41) is 2.04. The average Bonchev–Trinajstić information content (AvgIpc) is 3.14. The van der Waals surface area contributed by atoms with Gasteiger partial charge in [-0.1, -0.05) is 0 Å². The van der Waals surface area contributed by atoms with Gasteiger partial charge in [-0.15, -0.1) is 11.3 Å². The lowest BCUT2D eigenvalue weighted by atomic mass is 9.87. The van der Waals surface area contributed by atoms with Gasteiger partial charge in [0.05, 0.1) is 30.0 Å². The lowest BCUT2D eigenvalue weighted by molar-refractivity contribution is -0.128. The van der Waals surface area contributed by atoms with Gasteiger partial charge in [-0.2, -0.15) is 0 Å². The Morgan fingerprint density at radius 3 is 3.20 bits per heavy atom. The van der Waals surface area contributed by atoms with Crippen LogP contribution in [0.25, 0.3) is 10.2 Å². The van der Waals surface area contributed by atoms with Crippen LogP contribution in [0.15, 0.2) is 17.8 Å². The smallest absolute Gasteiger partial charge is 0.223 e. The van der Waals surface area contributed by atoms with E-state index in [1.165, 1.54) is 0 Å². The summed E-state index contributed by atoms with van der Waals surface area (Å²) >= 11 is 1.66. The topological polar surface area (TPSA) is 67.8 Å².